The molecule has 2 spiro atoms. The number of aliphatic hydroxyl groups is 2. The molecule has 284 valence electrons. The minimum atomic E-state index is -1.16. The van der Waals surface area contributed by atoms with Gasteiger partial charge in [0.15, 0.2) is 5.79 Å². The summed E-state index contributed by atoms with van der Waals surface area (Å²) < 4.78 is 26.0. The molecule has 5 aliphatic heterocycles. The second kappa shape index (κ2) is 14.6. The molecule has 6 aliphatic rings. The zero-order chi connectivity index (χ0) is 36.9. The monoisotopic (exact) mass is 709 g/mol. The molecule has 0 aromatic carbocycles. The third-order valence-electron chi connectivity index (χ3n) is 13.6. The molecule has 9 heteroatoms. The largest absolute Gasteiger partial charge is 0.450 e. The molecule has 11 atom stereocenters. The van der Waals surface area contributed by atoms with Crippen LogP contribution in [-0.4, -0.2) is 70.1 Å². The zero-order valence-corrected chi connectivity index (χ0v) is 31.9. The SMILES string of the molecule is C=C1CCCC(=O)[C@@]2(CC[C@@H](C)CN)CCC([C@@H]3C=C(C)C(=O)O3)=C(C)[C@@H]2/C=C(\C)[C@@H](O)C[C@H]2O[C@]3(CC[C@@]4(O[C@@H](CC[C@@]4(C)O)C1)O3)C[C@H]2C. The van der Waals surface area contributed by atoms with E-state index < -0.39 is 34.8 Å². The molecule has 4 bridgehead atoms. The van der Waals surface area contributed by atoms with Crippen molar-refractivity contribution < 1.29 is 38.7 Å². The van der Waals surface area contributed by atoms with E-state index in [4.69, 9.17) is 24.7 Å². The van der Waals surface area contributed by atoms with Gasteiger partial charge in [0.2, 0.25) is 5.79 Å². The fourth-order valence-corrected chi connectivity index (χ4v) is 10.0. The highest BCUT2D eigenvalue weighted by Crippen LogP contribution is 2.56. The Hall–Kier alpha value is -2.14. The van der Waals surface area contributed by atoms with Gasteiger partial charge in [0.25, 0.3) is 0 Å². The first-order valence-electron chi connectivity index (χ1n) is 19.7. The third-order valence-corrected chi connectivity index (χ3v) is 13.6. The lowest BCUT2D eigenvalue weighted by atomic mass is 9.58. The van der Waals surface area contributed by atoms with Crippen LogP contribution in [0.4, 0.5) is 0 Å². The van der Waals surface area contributed by atoms with Gasteiger partial charge in [-0.25, -0.2) is 4.79 Å². The number of ether oxygens (including phenoxy) is 4. The van der Waals surface area contributed by atoms with Crippen LogP contribution in [0.5, 0.6) is 0 Å². The average Bonchev–Trinajstić information content (AvgIpc) is 3.71. The summed E-state index contributed by atoms with van der Waals surface area (Å²) in [6.07, 6.45) is 11.1. The first-order valence-corrected chi connectivity index (χ1v) is 19.7. The highest BCUT2D eigenvalue weighted by Gasteiger charge is 2.64. The van der Waals surface area contributed by atoms with E-state index in [2.05, 4.69) is 33.4 Å². The quantitative estimate of drug-likeness (QED) is 0.206. The van der Waals surface area contributed by atoms with E-state index in [0.717, 1.165) is 28.7 Å². The summed E-state index contributed by atoms with van der Waals surface area (Å²) in [5.74, 6) is -2.00. The molecule has 6 rings (SSSR count). The van der Waals surface area contributed by atoms with Crippen molar-refractivity contribution in [2.75, 3.05) is 6.54 Å². The van der Waals surface area contributed by atoms with Crippen molar-refractivity contribution in [2.45, 2.75) is 173 Å². The van der Waals surface area contributed by atoms with Crippen molar-refractivity contribution in [3.8, 4) is 0 Å². The molecule has 3 saturated heterocycles. The first kappa shape index (κ1) is 38.6. The summed E-state index contributed by atoms with van der Waals surface area (Å²) in [5, 5.41) is 23.5. The summed E-state index contributed by atoms with van der Waals surface area (Å²) in [4.78, 5) is 27.3. The van der Waals surface area contributed by atoms with Gasteiger partial charge in [-0.2, -0.15) is 0 Å². The normalized spacial score (nSPS) is 44.1. The van der Waals surface area contributed by atoms with Gasteiger partial charge in [-0.3, -0.25) is 4.79 Å². The fraction of sp³-hybridized carbons (Fsp3) is 0.762. The van der Waals surface area contributed by atoms with Crippen molar-refractivity contribution in [1.82, 2.24) is 0 Å². The lowest BCUT2D eigenvalue weighted by molar-refractivity contribution is -0.387. The van der Waals surface area contributed by atoms with Crippen molar-refractivity contribution in [3.63, 3.8) is 0 Å². The van der Waals surface area contributed by atoms with Crippen LogP contribution < -0.4 is 5.73 Å². The number of ketones is 1. The minimum absolute atomic E-state index is 0.116. The zero-order valence-electron chi connectivity index (χ0n) is 31.9. The number of hydrogen-bond donors (Lipinski definition) is 3. The van der Waals surface area contributed by atoms with Crippen molar-refractivity contribution in [1.29, 1.82) is 0 Å². The number of Topliss-reactive ketones (excluding diaryl/α,β-unsaturated/α-hetero) is 1. The van der Waals surface area contributed by atoms with Crippen LogP contribution in [0.25, 0.3) is 0 Å². The van der Waals surface area contributed by atoms with Gasteiger partial charge in [0, 0.05) is 49.0 Å². The number of nitrogens with two attached hydrogens (primary N) is 1. The predicted molar refractivity (Wildman–Crippen MR) is 195 cm³/mol. The number of aliphatic hydroxyl groups excluding tert-OH is 1. The number of carbonyl (C=O) groups excluding carboxylic acids is 2. The van der Waals surface area contributed by atoms with Crippen molar-refractivity contribution in [3.05, 3.63) is 46.6 Å². The van der Waals surface area contributed by atoms with E-state index >= 15 is 0 Å². The molecule has 0 amide bonds. The smallest absolute Gasteiger partial charge is 0.334 e. The lowest BCUT2D eigenvalue weighted by Gasteiger charge is -2.49. The van der Waals surface area contributed by atoms with Crippen molar-refractivity contribution in [2.24, 2.45) is 28.9 Å². The molecule has 9 nitrogen and oxygen atoms in total. The van der Waals surface area contributed by atoms with Gasteiger partial charge in [-0.05, 0) is 121 Å². The molecule has 3 fully saturated rings. The van der Waals surface area contributed by atoms with Gasteiger partial charge in [0.05, 0.1) is 18.3 Å². The maximum Gasteiger partial charge on any atom is 0.334 e. The highest BCUT2D eigenvalue weighted by molar-refractivity contribution is 5.91. The fourth-order valence-electron chi connectivity index (χ4n) is 10.0. The Bertz CT molecular complexity index is 1480. The molecule has 0 saturated carbocycles. The van der Waals surface area contributed by atoms with Gasteiger partial charge in [0.1, 0.15) is 17.5 Å². The van der Waals surface area contributed by atoms with Crippen LogP contribution in [0.2, 0.25) is 0 Å². The molecule has 5 heterocycles. The second-order valence-corrected chi connectivity index (χ2v) is 17.4. The molecule has 4 N–H and O–H groups in total. The summed E-state index contributed by atoms with van der Waals surface area (Å²) in [6.45, 7) is 16.9. The van der Waals surface area contributed by atoms with Crippen LogP contribution in [0.3, 0.4) is 0 Å². The van der Waals surface area contributed by atoms with E-state index in [1.165, 1.54) is 0 Å². The molecule has 0 unspecified atom stereocenters. The maximum absolute atomic E-state index is 14.8. The molecule has 1 aliphatic carbocycles. The Labute approximate surface area is 305 Å². The molecule has 0 radical (unpaired) electrons. The predicted octanol–water partition coefficient (Wildman–Crippen LogP) is 6.90. The lowest BCUT2D eigenvalue weighted by Crippen LogP contribution is -2.60. The molecule has 0 aromatic heterocycles. The van der Waals surface area contributed by atoms with Crippen LogP contribution >= 0.6 is 0 Å². The summed E-state index contributed by atoms with van der Waals surface area (Å²) >= 11 is 0. The van der Waals surface area contributed by atoms with Crippen LogP contribution in [0.1, 0.15) is 131 Å². The number of cyclic esters (lactones) is 1. The standard InChI is InChI=1S/C42H63NO8/c1-25-9-8-10-37(45)40(15-11-26(2)24-43)16-13-32(36-21-28(4)38(46)48-36)30(6)33(40)20-27(3)34(44)22-35-29(5)23-41(50-35)17-18-42(51-41)39(7,47)14-12-31(19-25)49-42/h20-21,26,29,31,33-36,44,47H,1,8-19,22-24,43H2,2-7H3/b27-20+/t26-,29-,31+,33+,34+,35-,36+,39-,40+,41+,42-/m1/s1. The van der Waals surface area contributed by atoms with Gasteiger partial charge < -0.3 is 34.9 Å². The average molecular weight is 710 g/mol. The Morgan fingerprint density at radius 1 is 1.06 bits per heavy atom. The topological polar surface area (TPSA) is 138 Å². The van der Waals surface area contributed by atoms with E-state index in [-0.39, 0.29) is 41.7 Å². The molecule has 0 aromatic rings. The Balaban J connectivity index is 1.38. The summed E-state index contributed by atoms with van der Waals surface area (Å²) in [7, 11) is 0. The summed E-state index contributed by atoms with van der Waals surface area (Å²) in [5.41, 5.74) is 8.80. The van der Waals surface area contributed by atoms with Gasteiger partial charge in [-0.1, -0.05) is 37.6 Å². The van der Waals surface area contributed by atoms with Gasteiger partial charge >= 0.3 is 5.97 Å². The molecule has 51 heavy (non-hydrogen) atoms. The number of allylic oxidation sites excluding steroid dienone is 2. The van der Waals surface area contributed by atoms with Gasteiger partial charge in [-0.15, -0.1) is 0 Å². The maximum atomic E-state index is 14.8. The summed E-state index contributed by atoms with van der Waals surface area (Å²) in [6, 6.07) is 0. The number of fused-ring (bicyclic) bond motifs is 3. The second-order valence-electron chi connectivity index (χ2n) is 17.4. The number of carbonyl (C=O) groups is 2. The Morgan fingerprint density at radius 2 is 1.82 bits per heavy atom. The van der Waals surface area contributed by atoms with E-state index in [9.17, 15) is 19.8 Å². The Morgan fingerprint density at radius 3 is 2.53 bits per heavy atom. The highest BCUT2D eigenvalue weighted by atomic mass is 16.8. The van der Waals surface area contributed by atoms with Crippen LogP contribution in [0.15, 0.2) is 46.6 Å². The molecular formula is C42H63NO8. The van der Waals surface area contributed by atoms with E-state index in [1.807, 2.05) is 19.9 Å². The Kier molecular flexibility index (Phi) is 11.0. The van der Waals surface area contributed by atoms with Crippen LogP contribution in [-0.2, 0) is 28.5 Å². The van der Waals surface area contributed by atoms with E-state index in [1.54, 1.807) is 6.92 Å². The third kappa shape index (κ3) is 7.37. The van der Waals surface area contributed by atoms with Crippen molar-refractivity contribution >= 4 is 11.8 Å². The minimum Gasteiger partial charge on any atom is -0.450 e. The number of hydrogen-bond acceptors (Lipinski definition) is 9. The molecular weight excluding hydrogens is 646 g/mol. The first-order chi connectivity index (χ1) is 24.0. The van der Waals surface area contributed by atoms with Crippen LogP contribution in [0, 0.1) is 23.2 Å². The number of esters is 1. The van der Waals surface area contributed by atoms with E-state index in [0.29, 0.717) is 95.6 Å². The number of rotatable bonds is 5.